The van der Waals surface area contributed by atoms with Crippen LogP contribution in [0.5, 0.6) is 0 Å². The summed E-state index contributed by atoms with van der Waals surface area (Å²) in [6.07, 6.45) is 0. The summed E-state index contributed by atoms with van der Waals surface area (Å²) in [5.74, 6) is -0.867. The first-order valence-corrected chi connectivity index (χ1v) is 3.31. The van der Waals surface area contributed by atoms with Crippen LogP contribution in [0.3, 0.4) is 0 Å². The van der Waals surface area contributed by atoms with Crippen molar-refractivity contribution in [1.82, 2.24) is 0 Å². The summed E-state index contributed by atoms with van der Waals surface area (Å²) >= 11 is 0. The normalized spacial score (nSPS) is 11.5. The third kappa shape index (κ3) is 3.95. The van der Waals surface area contributed by atoms with E-state index in [1.807, 2.05) is 0 Å². The highest BCUT2D eigenvalue weighted by Gasteiger charge is 2.27. The number of carboxylic acids is 1. The van der Waals surface area contributed by atoms with Crippen molar-refractivity contribution in [2.24, 2.45) is 5.41 Å². The average molecular weight is 162 g/mol. The second kappa shape index (κ2) is 4.31. The molecule has 0 saturated heterocycles. The number of hydrogen-bond acceptors (Lipinski definition) is 3. The van der Waals surface area contributed by atoms with Gasteiger partial charge >= 0.3 is 5.97 Å². The molecule has 0 bridgehead atoms. The molecule has 0 atom stereocenters. The molecule has 4 heteroatoms. The van der Waals surface area contributed by atoms with Crippen LogP contribution in [-0.4, -0.2) is 31.6 Å². The lowest BCUT2D eigenvalue weighted by atomic mass is 9.95. The van der Waals surface area contributed by atoms with Crippen molar-refractivity contribution in [1.29, 1.82) is 0 Å². The second-order valence-corrected chi connectivity index (χ2v) is 2.94. The zero-order chi connectivity index (χ0) is 8.91. The van der Waals surface area contributed by atoms with Gasteiger partial charge in [-0.2, -0.15) is 0 Å². The van der Waals surface area contributed by atoms with E-state index in [1.54, 1.807) is 13.8 Å². The Labute approximate surface area is 66.1 Å². The molecule has 0 aromatic heterocycles. The molecule has 11 heavy (non-hydrogen) atoms. The third-order valence-corrected chi connectivity index (χ3v) is 1.24. The van der Waals surface area contributed by atoms with Crippen LogP contribution in [-0.2, 0) is 14.3 Å². The van der Waals surface area contributed by atoms with E-state index in [2.05, 4.69) is 4.74 Å². The Morgan fingerprint density at radius 2 is 2.09 bits per heavy atom. The highest BCUT2D eigenvalue weighted by Crippen LogP contribution is 2.14. The smallest absolute Gasteiger partial charge is 0.311 e. The third-order valence-electron chi connectivity index (χ3n) is 1.24. The van der Waals surface area contributed by atoms with Crippen LogP contribution in [0.2, 0.25) is 0 Å². The minimum Gasteiger partial charge on any atom is -0.481 e. The molecule has 0 unspecified atom stereocenters. The molecular formula is C7H14O4. The molecule has 0 heterocycles. The molecule has 0 aliphatic rings. The SMILES string of the molecule is COCOCC(C)(C)C(=O)O. The van der Waals surface area contributed by atoms with Gasteiger partial charge in [0.25, 0.3) is 0 Å². The molecule has 4 nitrogen and oxygen atoms in total. The number of rotatable bonds is 5. The molecule has 0 aromatic carbocycles. The van der Waals surface area contributed by atoms with Crippen molar-refractivity contribution < 1.29 is 19.4 Å². The Balaban J connectivity index is 3.64. The first kappa shape index (κ1) is 10.4. The van der Waals surface area contributed by atoms with E-state index in [0.29, 0.717) is 0 Å². The van der Waals surface area contributed by atoms with Gasteiger partial charge in [-0.15, -0.1) is 0 Å². The molecule has 0 radical (unpaired) electrons. The highest BCUT2D eigenvalue weighted by molar-refractivity contribution is 5.73. The lowest BCUT2D eigenvalue weighted by molar-refractivity contribution is -0.153. The largest absolute Gasteiger partial charge is 0.481 e. The van der Waals surface area contributed by atoms with Crippen molar-refractivity contribution in [2.45, 2.75) is 13.8 Å². The highest BCUT2D eigenvalue weighted by atomic mass is 16.7. The van der Waals surface area contributed by atoms with Crippen molar-refractivity contribution in [3.05, 3.63) is 0 Å². The van der Waals surface area contributed by atoms with Crippen LogP contribution in [0, 0.1) is 5.41 Å². The van der Waals surface area contributed by atoms with Gasteiger partial charge in [-0.05, 0) is 13.8 Å². The van der Waals surface area contributed by atoms with E-state index in [9.17, 15) is 4.79 Å². The molecule has 66 valence electrons. The molecule has 0 amide bonds. The Hall–Kier alpha value is -0.610. The van der Waals surface area contributed by atoms with Gasteiger partial charge in [-0.3, -0.25) is 4.79 Å². The maximum Gasteiger partial charge on any atom is 0.311 e. The van der Waals surface area contributed by atoms with Crippen LogP contribution in [0.1, 0.15) is 13.8 Å². The van der Waals surface area contributed by atoms with Crippen LogP contribution < -0.4 is 0 Å². The van der Waals surface area contributed by atoms with E-state index in [1.165, 1.54) is 7.11 Å². The fourth-order valence-electron chi connectivity index (χ4n) is 0.442. The lowest BCUT2D eigenvalue weighted by Gasteiger charge is -2.18. The van der Waals surface area contributed by atoms with Crippen LogP contribution in [0.25, 0.3) is 0 Å². The first-order valence-electron chi connectivity index (χ1n) is 3.31. The zero-order valence-electron chi connectivity index (χ0n) is 7.09. The summed E-state index contributed by atoms with van der Waals surface area (Å²) in [7, 11) is 1.49. The van der Waals surface area contributed by atoms with Gasteiger partial charge in [0.05, 0.1) is 12.0 Å². The lowest BCUT2D eigenvalue weighted by Crippen LogP contribution is -2.29. The summed E-state index contributed by atoms with van der Waals surface area (Å²) in [6, 6.07) is 0. The Kier molecular flexibility index (Phi) is 4.07. The van der Waals surface area contributed by atoms with Crippen molar-refractivity contribution in [2.75, 3.05) is 20.5 Å². The fraction of sp³-hybridized carbons (Fsp3) is 0.857. The van der Waals surface area contributed by atoms with E-state index in [0.717, 1.165) is 0 Å². The number of carbonyl (C=O) groups is 1. The van der Waals surface area contributed by atoms with Crippen LogP contribution >= 0.6 is 0 Å². The van der Waals surface area contributed by atoms with Gasteiger partial charge in [-0.1, -0.05) is 0 Å². The van der Waals surface area contributed by atoms with Gasteiger partial charge in [-0.25, -0.2) is 0 Å². The summed E-state index contributed by atoms with van der Waals surface area (Å²) in [4.78, 5) is 10.5. The van der Waals surface area contributed by atoms with Gasteiger partial charge in [0, 0.05) is 7.11 Å². The summed E-state index contributed by atoms with van der Waals surface area (Å²) in [5.41, 5.74) is -0.835. The molecule has 0 saturated carbocycles. The average Bonchev–Trinajstić information content (AvgIpc) is 1.88. The van der Waals surface area contributed by atoms with Crippen molar-refractivity contribution in [3.8, 4) is 0 Å². The molecular weight excluding hydrogens is 148 g/mol. The number of ether oxygens (including phenoxy) is 2. The predicted octanol–water partition coefficient (Wildman–Crippen LogP) is 0.718. The minimum absolute atomic E-state index is 0.136. The molecule has 0 aliphatic carbocycles. The molecule has 0 fully saturated rings. The van der Waals surface area contributed by atoms with E-state index in [4.69, 9.17) is 9.84 Å². The summed E-state index contributed by atoms with van der Waals surface area (Å²) in [6.45, 7) is 3.50. The first-order chi connectivity index (χ1) is 5.00. The van der Waals surface area contributed by atoms with Gasteiger partial charge in [0.1, 0.15) is 6.79 Å². The number of hydrogen-bond donors (Lipinski definition) is 1. The van der Waals surface area contributed by atoms with E-state index >= 15 is 0 Å². The number of aliphatic carboxylic acids is 1. The summed E-state index contributed by atoms with van der Waals surface area (Å²) < 4.78 is 9.51. The Morgan fingerprint density at radius 3 is 2.45 bits per heavy atom. The quantitative estimate of drug-likeness (QED) is 0.478. The zero-order valence-corrected chi connectivity index (χ0v) is 7.09. The second-order valence-electron chi connectivity index (χ2n) is 2.94. The van der Waals surface area contributed by atoms with E-state index in [-0.39, 0.29) is 13.4 Å². The van der Waals surface area contributed by atoms with Crippen molar-refractivity contribution in [3.63, 3.8) is 0 Å². The number of methoxy groups -OCH3 is 1. The number of carboxylic acid groups (broad SMARTS) is 1. The molecule has 0 rings (SSSR count). The maximum absolute atomic E-state index is 10.5. The van der Waals surface area contributed by atoms with Crippen LogP contribution in [0.4, 0.5) is 0 Å². The predicted molar refractivity (Wildman–Crippen MR) is 39.2 cm³/mol. The fourth-order valence-corrected chi connectivity index (χ4v) is 0.442. The maximum atomic E-state index is 10.5. The molecule has 0 aromatic rings. The molecule has 1 N–H and O–H groups in total. The topological polar surface area (TPSA) is 55.8 Å². The Morgan fingerprint density at radius 1 is 1.55 bits per heavy atom. The minimum atomic E-state index is -0.867. The Bertz CT molecular complexity index is 130. The molecule has 0 aliphatic heterocycles. The van der Waals surface area contributed by atoms with E-state index < -0.39 is 11.4 Å². The van der Waals surface area contributed by atoms with Gasteiger partial charge in [0.15, 0.2) is 0 Å². The summed E-state index contributed by atoms with van der Waals surface area (Å²) in [5, 5.41) is 8.62. The standard InChI is InChI=1S/C7H14O4/c1-7(2,6(8)9)4-11-5-10-3/h4-5H2,1-3H3,(H,8,9). The van der Waals surface area contributed by atoms with Gasteiger partial charge < -0.3 is 14.6 Å². The van der Waals surface area contributed by atoms with Gasteiger partial charge in [0.2, 0.25) is 0 Å². The van der Waals surface area contributed by atoms with Crippen LogP contribution in [0.15, 0.2) is 0 Å². The van der Waals surface area contributed by atoms with Crippen molar-refractivity contribution >= 4 is 5.97 Å². The monoisotopic (exact) mass is 162 g/mol. The molecule has 0 spiro atoms.